The first-order chi connectivity index (χ1) is 13.0. The minimum Gasteiger partial charge on any atom is -0.396 e. The lowest BCUT2D eigenvalue weighted by Gasteiger charge is -2.46. The molecule has 0 aliphatic carbocycles. The second-order valence-electron chi connectivity index (χ2n) is 7.94. The molecule has 6 nitrogen and oxygen atoms in total. The fraction of sp³-hybridized carbons (Fsp3) is 0.400. The van der Waals surface area contributed by atoms with Crippen LogP contribution in [0.25, 0.3) is 10.9 Å². The van der Waals surface area contributed by atoms with E-state index in [1.807, 2.05) is 35.2 Å². The highest BCUT2D eigenvalue weighted by atomic mass is 32.1. The van der Waals surface area contributed by atoms with Crippen LogP contribution in [0.4, 0.5) is 5.13 Å². The van der Waals surface area contributed by atoms with Crippen molar-refractivity contribution in [1.82, 2.24) is 14.9 Å². The molecule has 1 fully saturated rings. The number of carbonyl (C=O) groups is 1. The molecule has 4 heterocycles. The van der Waals surface area contributed by atoms with E-state index < -0.39 is 0 Å². The summed E-state index contributed by atoms with van der Waals surface area (Å²) in [4.78, 5) is 26.3. The zero-order chi connectivity index (χ0) is 18.6. The Labute approximate surface area is 161 Å². The van der Waals surface area contributed by atoms with E-state index in [1.165, 1.54) is 4.88 Å². The van der Waals surface area contributed by atoms with Crippen molar-refractivity contribution in [3.05, 3.63) is 46.6 Å². The predicted molar refractivity (Wildman–Crippen MR) is 106 cm³/mol. The van der Waals surface area contributed by atoms with Gasteiger partial charge < -0.3 is 19.9 Å². The third kappa shape index (κ3) is 2.82. The van der Waals surface area contributed by atoms with Gasteiger partial charge >= 0.3 is 0 Å². The Bertz CT molecular complexity index is 985. The number of benzene rings is 1. The lowest BCUT2D eigenvalue weighted by Crippen LogP contribution is -2.56. The largest absolute Gasteiger partial charge is 0.396 e. The number of para-hydroxylation sites is 1. The van der Waals surface area contributed by atoms with E-state index in [2.05, 4.69) is 16.8 Å². The van der Waals surface area contributed by atoms with Gasteiger partial charge in [-0.1, -0.05) is 36.5 Å². The first kappa shape index (κ1) is 16.8. The summed E-state index contributed by atoms with van der Waals surface area (Å²) in [6.45, 7) is 5.30. The van der Waals surface area contributed by atoms with Crippen molar-refractivity contribution < 1.29 is 9.90 Å². The smallest absolute Gasteiger partial charge is 0.270 e. The molecule has 0 saturated carbocycles. The van der Waals surface area contributed by atoms with Crippen LogP contribution in [0.2, 0.25) is 0 Å². The topological polar surface area (TPSA) is 72.5 Å². The van der Waals surface area contributed by atoms with Crippen LogP contribution in [0.5, 0.6) is 0 Å². The third-order valence-electron chi connectivity index (χ3n) is 5.56. The Morgan fingerprint density at radius 3 is 2.96 bits per heavy atom. The Morgan fingerprint density at radius 1 is 1.37 bits per heavy atom. The summed E-state index contributed by atoms with van der Waals surface area (Å²) in [5.74, 6) is 0.0450. The number of anilines is 1. The van der Waals surface area contributed by atoms with Gasteiger partial charge in [-0.3, -0.25) is 4.79 Å². The van der Waals surface area contributed by atoms with Crippen molar-refractivity contribution in [3.8, 4) is 0 Å². The van der Waals surface area contributed by atoms with E-state index in [0.717, 1.165) is 41.2 Å². The van der Waals surface area contributed by atoms with Crippen molar-refractivity contribution >= 4 is 33.3 Å². The average Bonchev–Trinajstić information content (AvgIpc) is 3.27. The number of nitrogens with one attached hydrogen (secondary N) is 1. The zero-order valence-corrected chi connectivity index (χ0v) is 16.1. The molecule has 2 N–H and O–H groups in total. The van der Waals surface area contributed by atoms with Gasteiger partial charge in [0.05, 0.1) is 18.8 Å². The first-order valence-corrected chi connectivity index (χ1v) is 10.1. The van der Waals surface area contributed by atoms with Gasteiger partial charge in [0, 0.05) is 47.3 Å². The van der Waals surface area contributed by atoms with Crippen molar-refractivity contribution in [1.29, 1.82) is 0 Å². The number of hydrogen-bond acceptors (Lipinski definition) is 5. The molecule has 5 rings (SSSR count). The Hall–Kier alpha value is -2.38. The highest BCUT2D eigenvalue weighted by Crippen LogP contribution is 2.38. The Morgan fingerprint density at radius 2 is 2.19 bits per heavy atom. The maximum absolute atomic E-state index is 13.0. The van der Waals surface area contributed by atoms with E-state index >= 15 is 0 Å². The molecule has 0 radical (unpaired) electrons. The normalized spacial score (nSPS) is 18.4. The third-order valence-corrected chi connectivity index (χ3v) is 6.71. The number of thiazole rings is 1. The van der Waals surface area contributed by atoms with Crippen LogP contribution in [0.1, 0.15) is 28.0 Å². The fourth-order valence-electron chi connectivity index (χ4n) is 3.96. The SMILES string of the molecule is CC1(CO)CN(c2nc3c(s2)CN(C(=O)c2cc4ccccc4[nH]2)CC3)C1. The molecule has 0 unspecified atom stereocenters. The number of aliphatic hydroxyl groups is 1. The number of aromatic amines is 1. The van der Waals surface area contributed by atoms with Crippen LogP contribution in [0, 0.1) is 5.41 Å². The average molecular weight is 382 g/mol. The van der Waals surface area contributed by atoms with E-state index in [9.17, 15) is 9.90 Å². The van der Waals surface area contributed by atoms with Gasteiger partial charge in [-0.25, -0.2) is 4.98 Å². The second kappa shape index (κ2) is 6.07. The minimum absolute atomic E-state index is 0.0101. The number of rotatable bonds is 3. The summed E-state index contributed by atoms with van der Waals surface area (Å²) in [7, 11) is 0. The minimum atomic E-state index is -0.0101. The molecule has 2 aromatic heterocycles. The Kier molecular flexibility index (Phi) is 3.77. The van der Waals surface area contributed by atoms with E-state index in [0.29, 0.717) is 18.8 Å². The summed E-state index contributed by atoms with van der Waals surface area (Å²) in [5.41, 5.74) is 2.74. The summed E-state index contributed by atoms with van der Waals surface area (Å²) >= 11 is 1.68. The van der Waals surface area contributed by atoms with Crippen molar-refractivity contribution in [2.24, 2.45) is 5.41 Å². The van der Waals surface area contributed by atoms with Crippen LogP contribution >= 0.6 is 11.3 Å². The Balaban J connectivity index is 1.33. The van der Waals surface area contributed by atoms with Crippen LogP contribution in [-0.4, -0.2) is 52.1 Å². The van der Waals surface area contributed by atoms with Crippen molar-refractivity contribution in [2.45, 2.75) is 19.9 Å². The number of fused-ring (bicyclic) bond motifs is 2. The van der Waals surface area contributed by atoms with E-state index in [-0.39, 0.29) is 17.9 Å². The summed E-state index contributed by atoms with van der Waals surface area (Å²) in [6, 6.07) is 9.88. The summed E-state index contributed by atoms with van der Waals surface area (Å²) in [6.07, 6.45) is 0.795. The lowest BCUT2D eigenvalue weighted by atomic mass is 9.83. The maximum atomic E-state index is 13.0. The molecule has 1 amide bonds. The fourth-order valence-corrected chi connectivity index (χ4v) is 5.08. The van der Waals surface area contributed by atoms with Crippen LogP contribution in [-0.2, 0) is 13.0 Å². The summed E-state index contributed by atoms with van der Waals surface area (Å²) < 4.78 is 0. The molecule has 0 atom stereocenters. The number of aromatic nitrogens is 2. The summed E-state index contributed by atoms with van der Waals surface area (Å²) in [5, 5.41) is 11.5. The number of carbonyl (C=O) groups excluding carboxylic acids is 1. The van der Waals surface area contributed by atoms with Gasteiger partial charge in [-0.05, 0) is 12.1 Å². The van der Waals surface area contributed by atoms with Crippen LogP contribution in [0.15, 0.2) is 30.3 Å². The molecule has 2 aliphatic rings. The molecule has 2 aliphatic heterocycles. The molecule has 1 aromatic carbocycles. The monoisotopic (exact) mass is 382 g/mol. The highest BCUT2D eigenvalue weighted by Gasteiger charge is 2.40. The molecule has 0 bridgehead atoms. The first-order valence-electron chi connectivity index (χ1n) is 9.26. The van der Waals surface area contributed by atoms with Crippen LogP contribution < -0.4 is 4.90 Å². The molecule has 7 heteroatoms. The van der Waals surface area contributed by atoms with Gasteiger partial charge in [0.2, 0.25) is 0 Å². The molecule has 3 aromatic rings. The zero-order valence-electron chi connectivity index (χ0n) is 15.2. The lowest BCUT2D eigenvalue weighted by molar-refractivity contribution is 0.0731. The molecule has 140 valence electrons. The second-order valence-corrected chi connectivity index (χ2v) is 9.00. The van der Waals surface area contributed by atoms with Gasteiger partial charge in [-0.15, -0.1) is 0 Å². The van der Waals surface area contributed by atoms with Gasteiger partial charge in [0.15, 0.2) is 5.13 Å². The molecular formula is C20H22N4O2S. The van der Waals surface area contributed by atoms with E-state index in [4.69, 9.17) is 4.98 Å². The van der Waals surface area contributed by atoms with Crippen molar-refractivity contribution in [3.63, 3.8) is 0 Å². The van der Waals surface area contributed by atoms with Gasteiger partial charge in [0.1, 0.15) is 5.69 Å². The molecule has 0 spiro atoms. The number of H-pyrrole nitrogens is 1. The number of nitrogens with zero attached hydrogens (tertiary/aromatic N) is 3. The van der Waals surface area contributed by atoms with Crippen LogP contribution in [0.3, 0.4) is 0 Å². The number of amides is 1. The predicted octanol–water partition coefficient (Wildman–Crippen LogP) is 2.64. The molecular weight excluding hydrogens is 360 g/mol. The molecule has 1 saturated heterocycles. The maximum Gasteiger partial charge on any atom is 0.270 e. The standard InChI is InChI=1S/C20H22N4O2S/c1-20(12-25)10-24(11-20)19-22-15-6-7-23(9-17(15)27-19)18(26)16-8-13-4-2-3-5-14(13)21-16/h2-5,8,21,25H,6-7,9-12H2,1H3. The number of hydrogen-bond donors (Lipinski definition) is 2. The van der Waals surface area contributed by atoms with Crippen molar-refractivity contribution in [2.75, 3.05) is 31.1 Å². The van der Waals surface area contributed by atoms with E-state index in [1.54, 1.807) is 11.3 Å². The highest BCUT2D eigenvalue weighted by molar-refractivity contribution is 7.15. The van der Waals surface area contributed by atoms with Gasteiger partial charge in [0.25, 0.3) is 5.91 Å². The quantitative estimate of drug-likeness (QED) is 0.730. The molecule has 27 heavy (non-hydrogen) atoms. The number of aliphatic hydroxyl groups excluding tert-OH is 1. The van der Waals surface area contributed by atoms with Gasteiger partial charge in [-0.2, -0.15) is 0 Å².